The van der Waals surface area contributed by atoms with Gasteiger partial charge in [0.2, 0.25) is 0 Å². The minimum atomic E-state index is 0.272. The van der Waals surface area contributed by atoms with Crippen LogP contribution in [0.1, 0.15) is 30.0 Å². The summed E-state index contributed by atoms with van der Waals surface area (Å²) < 4.78 is 8.06. The zero-order valence-corrected chi connectivity index (χ0v) is 15.0. The zero-order valence-electron chi connectivity index (χ0n) is 11.8. The fourth-order valence-electron chi connectivity index (χ4n) is 2.64. The van der Waals surface area contributed by atoms with Crippen molar-refractivity contribution in [1.29, 1.82) is 0 Å². The van der Waals surface area contributed by atoms with Gasteiger partial charge in [0.25, 0.3) is 0 Å². The molecule has 2 aromatic carbocycles. The molecule has 2 aromatic rings. The van der Waals surface area contributed by atoms with Crippen LogP contribution in [0.15, 0.2) is 45.3 Å². The molecule has 110 valence electrons. The van der Waals surface area contributed by atoms with E-state index < -0.39 is 0 Å². The van der Waals surface area contributed by atoms with Crippen molar-refractivity contribution >= 4 is 37.5 Å². The lowest BCUT2D eigenvalue weighted by atomic mass is 10.0. The molecule has 0 aromatic heterocycles. The van der Waals surface area contributed by atoms with E-state index in [0.29, 0.717) is 0 Å². The quantitative estimate of drug-likeness (QED) is 0.670. The highest BCUT2D eigenvalue weighted by atomic mass is 79.9. The molecule has 0 radical (unpaired) electrons. The largest absolute Gasteiger partial charge is 0.493 e. The van der Waals surface area contributed by atoms with Crippen LogP contribution in [-0.4, -0.2) is 6.61 Å². The van der Waals surface area contributed by atoms with Crippen LogP contribution in [0.2, 0.25) is 0 Å². The van der Waals surface area contributed by atoms with Gasteiger partial charge in [0.15, 0.2) is 0 Å². The second-order valence-corrected chi connectivity index (χ2v) is 7.01. The summed E-state index contributed by atoms with van der Waals surface area (Å²) in [6, 6.07) is 12.9. The maximum atomic E-state index is 5.87. The Morgan fingerprint density at radius 2 is 2.05 bits per heavy atom. The van der Waals surface area contributed by atoms with Gasteiger partial charge in [-0.25, -0.2) is 0 Å². The lowest BCUT2D eigenvalue weighted by Gasteiger charge is -2.21. The van der Waals surface area contributed by atoms with Crippen molar-refractivity contribution in [1.82, 2.24) is 0 Å². The van der Waals surface area contributed by atoms with E-state index >= 15 is 0 Å². The number of rotatable bonds is 2. The van der Waals surface area contributed by atoms with E-state index in [1.165, 1.54) is 11.1 Å². The molecule has 0 saturated carbocycles. The SMILES string of the molecule is Cc1cccc(NC2CCCOc3cc(Br)ccc32)c1Br. The van der Waals surface area contributed by atoms with Crippen molar-refractivity contribution in [2.45, 2.75) is 25.8 Å². The highest BCUT2D eigenvalue weighted by Crippen LogP contribution is 2.37. The van der Waals surface area contributed by atoms with Crippen LogP contribution in [0.25, 0.3) is 0 Å². The van der Waals surface area contributed by atoms with Gasteiger partial charge in [0.1, 0.15) is 5.75 Å². The number of hydrogen-bond donors (Lipinski definition) is 1. The smallest absolute Gasteiger partial charge is 0.125 e. The summed E-state index contributed by atoms with van der Waals surface area (Å²) in [5.74, 6) is 0.975. The first kappa shape index (κ1) is 14.9. The summed E-state index contributed by atoms with van der Waals surface area (Å²) in [5, 5.41) is 3.66. The van der Waals surface area contributed by atoms with Crippen LogP contribution in [0.3, 0.4) is 0 Å². The van der Waals surface area contributed by atoms with E-state index in [-0.39, 0.29) is 6.04 Å². The van der Waals surface area contributed by atoms with Gasteiger partial charge >= 0.3 is 0 Å². The topological polar surface area (TPSA) is 21.3 Å². The van der Waals surface area contributed by atoms with Gasteiger partial charge in [-0.15, -0.1) is 0 Å². The zero-order chi connectivity index (χ0) is 14.8. The Hall–Kier alpha value is -1.000. The predicted octanol–water partition coefficient (Wildman–Crippen LogP) is 5.85. The molecule has 1 heterocycles. The summed E-state index contributed by atoms with van der Waals surface area (Å²) >= 11 is 7.19. The van der Waals surface area contributed by atoms with Crippen molar-refractivity contribution in [2.24, 2.45) is 0 Å². The van der Waals surface area contributed by atoms with Crippen LogP contribution in [0.5, 0.6) is 5.75 Å². The third-order valence-electron chi connectivity index (χ3n) is 3.77. The molecule has 4 heteroatoms. The third-order valence-corrected chi connectivity index (χ3v) is 5.31. The molecule has 0 spiro atoms. The van der Waals surface area contributed by atoms with E-state index in [9.17, 15) is 0 Å². The summed E-state index contributed by atoms with van der Waals surface area (Å²) in [6.07, 6.45) is 2.11. The van der Waals surface area contributed by atoms with Gasteiger partial charge in [-0.2, -0.15) is 0 Å². The van der Waals surface area contributed by atoms with Crippen molar-refractivity contribution in [3.8, 4) is 5.75 Å². The average Bonchev–Trinajstić information content (AvgIpc) is 2.66. The Bertz CT molecular complexity index is 657. The average molecular weight is 411 g/mol. The first-order chi connectivity index (χ1) is 10.1. The highest BCUT2D eigenvalue weighted by molar-refractivity contribution is 9.11. The van der Waals surface area contributed by atoms with Crippen LogP contribution >= 0.6 is 31.9 Å². The Morgan fingerprint density at radius 3 is 2.90 bits per heavy atom. The number of ether oxygens (including phenoxy) is 1. The maximum absolute atomic E-state index is 5.87. The molecular formula is C17H17Br2NO. The number of hydrogen-bond acceptors (Lipinski definition) is 2. The molecule has 21 heavy (non-hydrogen) atoms. The van der Waals surface area contributed by atoms with E-state index in [0.717, 1.165) is 39.8 Å². The minimum Gasteiger partial charge on any atom is -0.493 e. The number of nitrogens with one attached hydrogen (secondary N) is 1. The molecule has 2 nitrogen and oxygen atoms in total. The molecule has 0 aliphatic carbocycles. The molecule has 0 bridgehead atoms. The first-order valence-corrected chi connectivity index (χ1v) is 8.67. The van der Waals surface area contributed by atoms with Gasteiger partial charge in [-0.3, -0.25) is 0 Å². The first-order valence-electron chi connectivity index (χ1n) is 7.09. The normalized spacial score (nSPS) is 17.6. The second kappa shape index (κ2) is 6.41. The standard InChI is InChI=1S/C17H17Br2NO/c1-11-4-2-5-15(17(11)19)20-14-6-3-9-21-16-10-12(18)7-8-13(14)16/h2,4-5,7-8,10,14,20H,3,6,9H2,1H3. The lowest BCUT2D eigenvalue weighted by Crippen LogP contribution is -2.10. The van der Waals surface area contributed by atoms with Gasteiger partial charge in [0.05, 0.1) is 12.6 Å². The summed E-state index contributed by atoms with van der Waals surface area (Å²) in [7, 11) is 0. The predicted molar refractivity (Wildman–Crippen MR) is 94.1 cm³/mol. The monoisotopic (exact) mass is 409 g/mol. The molecule has 1 unspecified atom stereocenters. The molecule has 1 atom stereocenters. The number of aryl methyl sites for hydroxylation is 1. The molecule has 0 fully saturated rings. The fourth-order valence-corrected chi connectivity index (χ4v) is 3.36. The van der Waals surface area contributed by atoms with Crippen molar-refractivity contribution in [3.05, 3.63) is 56.5 Å². The van der Waals surface area contributed by atoms with E-state index in [4.69, 9.17) is 4.74 Å². The van der Waals surface area contributed by atoms with E-state index in [1.54, 1.807) is 0 Å². The minimum absolute atomic E-state index is 0.272. The van der Waals surface area contributed by atoms with Crippen LogP contribution in [-0.2, 0) is 0 Å². The molecular weight excluding hydrogens is 394 g/mol. The van der Waals surface area contributed by atoms with Gasteiger partial charge in [0, 0.05) is 20.2 Å². The molecule has 3 rings (SSSR count). The van der Waals surface area contributed by atoms with Crippen LogP contribution in [0, 0.1) is 6.92 Å². The highest BCUT2D eigenvalue weighted by Gasteiger charge is 2.20. The van der Waals surface area contributed by atoms with Crippen molar-refractivity contribution < 1.29 is 4.74 Å². The van der Waals surface area contributed by atoms with Gasteiger partial charge in [-0.1, -0.05) is 34.1 Å². The summed E-state index contributed by atoms with van der Waals surface area (Å²) in [4.78, 5) is 0. The fraction of sp³-hybridized carbons (Fsp3) is 0.294. The third kappa shape index (κ3) is 3.27. The molecule has 0 amide bonds. The second-order valence-electron chi connectivity index (χ2n) is 5.31. The molecule has 1 aliphatic rings. The Kier molecular flexibility index (Phi) is 4.55. The number of halogens is 2. The Morgan fingerprint density at radius 1 is 1.19 bits per heavy atom. The number of anilines is 1. The van der Waals surface area contributed by atoms with Gasteiger partial charge < -0.3 is 10.1 Å². The Labute approximate surface area is 142 Å². The summed E-state index contributed by atoms with van der Waals surface area (Å²) in [5.41, 5.74) is 3.60. The van der Waals surface area contributed by atoms with Crippen molar-refractivity contribution in [3.63, 3.8) is 0 Å². The van der Waals surface area contributed by atoms with Crippen molar-refractivity contribution in [2.75, 3.05) is 11.9 Å². The van der Waals surface area contributed by atoms with E-state index in [1.807, 2.05) is 0 Å². The summed E-state index contributed by atoms with van der Waals surface area (Å²) in [6.45, 7) is 2.88. The Balaban J connectivity index is 1.94. The molecule has 1 N–H and O–H groups in total. The van der Waals surface area contributed by atoms with Crippen LogP contribution < -0.4 is 10.1 Å². The number of fused-ring (bicyclic) bond motifs is 1. The number of benzene rings is 2. The van der Waals surface area contributed by atoms with E-state index in [2.05, 4.69) is 80.5 Å². The van der Waals surface area contributed by atoms with Crippen LogP contribution in [0.4, 0.5) is 5.69 Å². The lowest BCUT2D eigenvalue weighted by molar-refractivity contribution is 0.316. The molecule has 1 aliphatic heterocycles. The molecule has 0 saturated heterocycles. The van der Waals surface area contributed by atoms with Gasteiger partial charge in [-0.05, 0) is 59.5 Å². The maximum Gasteiger partial charge on any atom is 0.125 e.